The summed E-state index contributed by atoms with van der Waals surface area (Å²) in [5.41, 5.74) is 2.54. The Bertz CT molecular complexity index is 780. The van der Waals surface area contributed by atoms with Gasteiger partial charge in [0.2, 0.25) is 5.91 Å². The van der Waals surface area contributed by atoms with Crippen LogP contribution in [0.3, 0.4) is 0 Å². The zero-order chi connectivity index (χ0) is 18.0. The van der Waals surface area contributed by atoms with Crippen LogP contribution in [0.1, 0.15) is 52.7 Å². The molecular formula is C19H23N3O2S. The third-order valence-corrected chi connectivity index (χ3v) is 5.30. The summed E-state index contributed by atoms with van der Waals surface area (Å²) in [7, 11) is 0. The molecule has 0 fully saturated rings. The molecule has 1 unspecified atom stereocenters. The molecule has 1 aliphatic rings. The number of nitrogens with zero attached hydrogens (tertiary/aromatic N) is 1. The Labute approximate surface area is 151 Å². The first-order valence-corrected chi connectivity index (χ1v) is 9.41. The zero-order valence-electron chi connectivity index (χ0n) is 14.8. The molecule has 1 aromatic carbocycles. The summed E-state index contributed by atoms with van der Waals surface area (Å²) in [6, 6.07) is 7.42. The molecule has 5 nitrogen and oxygen atoms in total. The predicted molar refractivity (Wildman–Crippen MR) is 100 cm³/mol. The van der Waals surface area contributed by atoms with Gasteiger partial charge in [0.1, 0.15) is 0 Å². The van der Waals surface area contributed by atoms with Gasteiger partial charge in [0.05, 0.1) is 11.6 Å². The molecule has 1 aromatic heterocycles. The summed E-state index contributed by atoms with van der Waals surface area (Å²) in [6.07, 6.45) is 1.64. The number of rotatable bonds is 5. The standard InChI is InChI=1S/C19H23N3O2S/c1-11(2)10-20-18(24)14-8-9-15-16(14)21-19(25-15)22-17(23)13-6-4-12(3)5-7-13/h4-7,11,14H,8-10H2,1-3H3,(H,20,24)(H,21,22,23). The van der Waals surface area contributed by atoms with Crippen LogP contribution >= 0.6 is 11.3 Å². The molecule has 6 heteroatoms. The van der Waals surface area contributed by atoms with E-state index in [0.717, 1.165) is 29.0 Å². The smallest absolute Gasteiger partial charge is 0.257 e. The van der Waals surface area contributed by atoms with Crippen LogP contribution in [0.15, 0.2) is 24.3 Å². The van der Waals surface area contributed by atoms with Gasteiger partial charge in [0.15, 0.2) is 5.13 Å². The lowest BCUT2D eigenvalue weighted by Crippen LogP contribution is -2.31. The maximum atomic E-state index is 12.4. The average Bonchev–Trinajstić information content (AvgIpc) is 3.13. The lowest BCUT2D eigenvalue weighted by atomic mass is 10.1. The van der Waals surface area contributed by atoms with E-state index in [0.29, 0.717) is 23.2 Å². The van der Waals surface area contributed by atoms with Crippen molar-refractivity contribution in [1.82, 2.24) is 10.3 Å². The Kier molecular flexibility index (Phi) is 5.18. The van der Waals surface area contributed by atoms with Gasteiger partial charge in [-0.25, -0.2) is 4.98 Å². The van der Waals surface area contributed by atoms with Crippen molar-refractivity contribution in [3.8, 4) is 0 Å². The fraction of sp³-hybridized carbons (Fsp3) is 0.421. The number of carbonyl (C=O) groups is 2. The number of aryl methyl sites for hydroxylation is 2. The Morgan fingerprint density at radius 1 is 1.28 bits per heavy atom. The summed E-state index contributed by atoms with van der Waals surface area (Å²) >= 11 is 1.47. The van der Waals surface area contributed by atoms with Gasteiger partial charge in [0.25, 0.3) is 5.91 Å². The van der Waals surface area contributed by atoms with Crippen molar-refractivity contribution in [2.75, 3.05) is 11.9 Å². The molecule has 3 rings (SSSR count). The van der Waals surface area contributed by atoms with Gasteiger partial charge < -0.3 is 5.32 Å². The number of anilines is 1. The molecule has 25 heavy (non-hydrogen) atoms. The highest BCUT2D eigenvalue weighted by molar-refractivity contribution is 7.16. The first-order chi connectivity index (χ1) is 11.9. The van der Waals surface area contributed by atoms with E-state index in [-0.39, 0.29) is 17.7 Å². The highest BCUT2D eigenvalue weighted by atomic mass is 32.1. The first kappa shape index (κ1) is 17.6. The van der Waals surface area contributed by atoms with E-state index in [1.165, 1.54) is 11.3 Å². The van der Waals surface area contributed by atoms with E-state index in [4.69, 9.17) is 0 Å². The van der Waals surface area contributed by atoms with E-state index in [1.54, 1.807) is 12.1 Å². The Balaban J connectivity index is 1.68. The minimum Gasteiger partial charge on any atom is -0.355 e. The van der Waals surface area contributed by atoms with E-state index >= 15 is 0 Å². The van der Waals surface area contributed by atoms with E-state index < -0.39 is 0 Å². The maximum Gasteiger partial charge on any atom is 0.257 e. The lowest BCUT2D eigenvalue weighted by molar-refractivity contribution is -0.122. The molecule has 0 spiro atoms. The van der Waals surface area contributed by atoms with Gasteiger partial charge >= 0.3 is 0 Å². The minimum absolute atomic E-state index is 0.0363. The predicted octanol–water partition coefficient (Wildman–Crippen LogP) is 3.51. The van der Waals surface area contributed by atoms with Crippen molar-refractivity contribution in [1.29, 1.82) is 0 Å². The molecule has 0 saturated carbocycles. The minimum atomic E-state index is -0.199. The quantitative estimate of drug-likeness (QED) is 0.860. The highest BCUT2D eigenvalue weighted by Gasteiger charge is 2.32. The van der Waals surface area contributed by atoms with Crippen LogP contribution in [0.2, 0.25) is 0 Å². The van der Waals surface area contributed by atoms with Crippen molar-refractivity contribution in [3.63, 3.8) is 0 Å². The highest BCUT2D eigenvalue weighted by Crippen LogP contribution is 2.38. The number of carbonyl (C=O) groups excluding carboxylic acids is 2. The molecule has 0 aliphatic heterocycles. The Morgan fingerprint density at radius 2 is 2.00 bits per heavy atom. The number of hydrogen-bond donors (Lipinski definition) is 2. The Hall–Kier alpha value is -2.21. The normalized spacial score (nSPS) is 15.9. The third-order valence-electron chi connectivity index (χ3n) is 4.25. The van der Waals surface area contributed by atoms with Gasteiger partial charge in [-0.3, -0.25) is 14.9 Å². The van der Waals surface area contributed by atoms with E-state index in [1.807, 2.05) is 19.1 Å². The van der Waals surface area contributed by atoms with Crippen LogP contribution in [0.5, 0.6) is 0 Å². The molecule has 1 aliphatic carbocycles. The maximum absolute atomic E-state index is 12.4. The van der Waals surface area contributed by atoms with Crippen molar-refractivity contribution in [2.24, 2.45) is 5.92 Å². The van der Waals surface area contributed by atoms with E-state index in [2.05, 4.69) is 29.5 Å². The molecule has 2 amide bonds. The molecule has 2 N–H and O–H groups in total. The molecule has 1 atom stereocenters. The van der Waals surface area contributed by atoms with Crippen molar-refractivity contribution in [3.05, 3.63) is 46.0 Å². The zero-order valence-corrected chi connectivity index (χ0v) is 15.6. The summed E-state index contributed by atoms with van der Waals surface area (Å²) in [5.74, 6) is 0.0852. The second-order valence-corrected chi connectivity index (χ2v) is 7.96. The monoisotopic (exact) mass is 357 g/mol. The molecule has 2 aromatic rings. The summed E-state index contributed by atoms with van der Waals surface area (Å²) in [6.45, 7) is 6.80. The number of benzene rings is 1. The van der Waals surface area contributed by atoms with Gasteiger partial charge in [0, 0.05) is 17.0 Å². The largest absolute Gasteiger partial charge is 0.355 e. The number of hydrogen-bond acceptors (Lipinski definition) is 4. The van der Waals surface area contributed by atoms with Crippen LogP contribution < -0.4 is 10.6 Å². The number of nitrogens with one attached hydrogen (secondary N) is 2. The van der Waals surface area contributed by atoms with Gasteiger partial charge in [-0.1, -0.05) is 31.5 Å². The van der Waals surface area contributed by atoms with Crippen molar-refractivity contribution >= 4 is 28.3 Å². The third kappa shape index (κ3) is 4.07. The first-order valence-electron chi connectivity index (χ1n) is 8.59. The fourth-order valence-corrected chi connectivity index (χ4v) is 3.87. The molecule has 1 heterocycles. The molecule has 0 saturated heterocycles. The number of thiazole rings is 1. The van der Waals surface area contributed by atoms with Gasteiger partial charge in [-0.05, 0) is 37.8 Å². The molecule has 0 bridgehead atoms. The molecule has 0 radical (unpaired) electrons. The topological polar surface area (TPSA) is 71.1 Å². The molecule has 132 valence electrons. The van der Waals surface area contributed by atoms with Gasteiger partial charge in [-0.2, -0.15) is 0 Å². The van der Waals surface area contributed by atoms with Crippen LogP contribution in [-0.4, -0.2) is 23.3 Å². The van der Waals surface area contributed by atoms with Crippen LogP contribution in [-0.2, 0) is 11.2 Å². The SMILES string of the molecule is Cc1ccc(C(=O)Nc2nc3c(s2)CCC3C(=O)NCC(C)C)cc1. The fourth-order valence-electron chi connectivity index (χ4n) is 2.84. The van der Waals surface area contributed by atoms with Crippen LogP contribution in [0.4, 0.5) is 5.13 Å². The summed E-state index contributed by atoms with van der Waals surface area (Å²) in [4.78, 5) is 30.3. The van der Waals surface area contributed by atoms with Crippen molar-refractivity contribution in [2.45, 2.75) is 39.5 Å². The van der Waals surface area contributed by atoms with E-state index in [9.17, 15) is 9.59 Å². The number of fused-ring (bicyclic) bond motifs is 1. The average molecular weight is 357 g/mol. The van der Waals surface area contributed by atoms with Crippen molar-refractivity contribution < 1.29 is 9.59 Å². The second-order valence-electron chi connectivity index (χ2n) is 6.88. The Morgan fingerprint density at radius 3 is 2.68 bits per heavy atom. The number of amides is 2. The summed E-state index contributed by atoms with van der Waals surface area (Å²) < 4.78 is 0. The number of aromatic nitrogens is 1. The molecular weight excluding hydrogens is 334 g/mol. The van der Waals surface area contributed by atoms with Crippen LogP contribution in [0.25, 0.3) is 0 Å². The second kappa shape index (κ2) is 7.35. The van der Waals surface area contributed by atoms with Crippen LogP contribution in [0, 0.1) is 12.8 Å². The lowest BCUT2D eigenvalue weighted by Gasteiger charge is -2.12. The summed E-state index contributed by atoms with van der Waals surface area (Å²) in [5, 5.41) is 6.40. The van der Waals surface area contributed by atoms with Gasteiger partial charge in [-0.15, -0.1) is 11.3 Å².